The van der Waals surface area contributed by atoms with Crippen LogP contribution in [0.5, 0.6) is 0 Å². The fourth-order valence-corrected chi connectivity index (χ4v) is 2.61. The number of hydrogen-bond acceptors (Lipinski definition) is 3. The molecule has 0 radical (unpaired) electrons. The maximum absolute atomic E-state index is 11.8. The lowest BCUT2D eigenvalue weighted by molar-refractivity contribution is -0.143. The van der Waals surface area contributed by atoms with E-state index in [4.69, 9.17) is 4.74 Å². The molecule has 0 bridgehead atoms. The molecule has 1 aliphatic rings. The van der Waals surface area contributed by atoms with E-state index in [1.165, 1.54) is 0 Å². The maximum Gasteiger partial charge on any atom is 0.408 e. The summed E-state index contributed by atoms with van der Waals surface area (Å²) in [6.07, 6.45) is 4.13. The zero-order valence-corrected chi connectivity index (χ0v) is 12.3. The van der Waals surface area contributed by atoms with Crippen LogP contribution in [0.2, 0.25) is 0 Å². The number of carboxylic acids is 1. The lowest BCUT2D eigenvalue weighted by Crippen LogP contribution is -2.53. The van der Waals surface area contributed by atoms with Crippen molar-refractivity contribution in [2.24, 2.45) is 5.41 Å². The van der Waals surface area contributed by atoms with Crippen molar-refractivity contribution in [2.75, 3.05) is 0 Å². The molecule has 0 aromatic heterocycles. The lowest BCUT2D eigenvalue weighted by atomic mass is 9.70. The van der Waals surface area contributed by atoms with Crippen LogP contribution in [0.1, 0.15) is 59.8 Å². The van der Waals surface area contributed by atoms with Gasteiger partial charge in [-0.05, 0) is 39.0 Å². The van der Waals surface area contributed by atoms with Gasteiger partial charge in [-0.1, -0.05) is 26.2 Å². The zero-order valence-electron chi connectivity index (χ0n) is 12.3. The Balaban J connectivity index is 2.73. The van der Waals surface area contributed by atoms with Crippen LogP contribution in [0.3, 0.4) is 0 Å². The summed E-state index contributed by atoms with van der Waals surface area (Å²) >= 11 is 0. The van der Waals surface area contributed by atoms with Crippen molar-refractivity contribution in [3.05, 3.63) is 0 Å². The number of alkyl carbamates (subject to hydrolysis) is 1. The van der Waals surface area contributed by atoms with Crippen molar-refractivity contribution in [1.29, 1.82) is 0 Å². The van der Waals surface area contributed by atoms with Crippen molar-refractivity contribution >= 4 is 12.1 Å². The predicted octanol–water partition coefficient (Wildman–Crippen LogP) is 2.93. The summed E-state index contributed by atoms with van der Waals surface area (Å²) < 4.78 is 5.14. The van der Waals surface area contributed by atoms with Gasteiger partial charge in [0.2, 0.25) is 0 Å². The van der Waals surface area contributed by atoms with Crippen LogP contribution in [0.15, 0.2) is 0 Å². The van der Waals surface area contributed by atoms with Crippen molar-refractivity contribution in [1.82, 2.24) is 5.32 Å². The SMILES string of the molecule is CC(C)(C)OC(=O)N[C@@H](C(=O)O)C1(C)CCCCC1. The van der Waals surface area contributed by atoms with E-state index in [2.05, 4.69) is 5.32 Å². The number of carbonyl (C=O) groups is 2. The Morgan fingerprint density at radius 3 is 2.16 bits per heavy atom. The predicted molar refractivity (Wildman–Crippen MR) is 72.0 cm³/mol. The molecule has 1 atom stereocenters. The highest BCUT2D eigenvalue weighted by atomic mass is 16.6. The molecule has 1 saturated carbocycles. The number of carboxylic acid groups (broad SMARTS) is 1. The molecule has 1 rings (SSSR count). The van der Waals surface area contributed by atoms with Crippen LogP contribution in [-0.4, -0.2) is 28.8 Å². The third-order valence-electron chi connectivity index (χ3n) is 3.60. The highest BCUT2D eigenvalue weighted by molar-refractivity contribution is 5.81. The second-order valence-corrected chi connectivity index (χ2v) is 6.63. The highest BCUT2D eigenvalue weighted by Gasteiger charge is 2.41. The van der Waals surface area contributed by atoms with Gasteiger partial charge in [-0.15, -0.1) is 0 Å². The molecule has 0 saturated heterocycles. The lowest BCUT2D eigenvalue weighted by Gasteiger charge is -2.38. The van der Waals surface area contributed by atoms with E-state index in [0.717, 1.165) is 32.1 Å². The molecule has 110 valence electrons. The topological polar surface area (TPSA) is 75.6 Å². The largest absolute Gasteiger partial charge is 0.480 e. The molecule has 0 aromatic rings. The summed E-state index contributed by atoms with van der Waals surface area (Å²) in [5.41, 5.74) is -1.01. The van der Waals surface area contributed by atoms with Gasteiger partial charge in [-0.3, -0.25) is 0 Å². The highest BCUT2D eigenvalue weighted by Crippen LogP contribution is 2.39. The van der Waals surface area contributed by atoms with Crippen molar-refractivity contribution in [2.45, 2.75) is 71.4 Å². The molecule has 19 heavy (non-hydrogen) atoms. The van der Waals surface area contributed by atoms with Crippen molar-refractivity contribution < 1.29 is 19.4 Å². The molecule has 5 nitrogen and oxygen atoms in total. The van der Waals surface area contributed by atoms with Crippen LogP contribution in [0.25, 0.3) is 0 Å². The third-order valence-corrected chi connectivity index (χ3v) is 3.60. The molecule has 5 heteroatoms. The summed E-state index contributed by atoms with van der Waals surface area (Å²) in [6, 6.07) is -0.886. The second kappa shape index (κ2) is 5.80. The Morgan fingerprint density at radius 1 is 1.21 bits per heavy atom. The molecule has 1 fully saturated rings. The molecule has 1 amide bonds. The number of aliphatic carboxylic acids is 1. The summed E-state index contributed by atoms with van der Waals surface area (Å²) in [5.74, 6) is -0.991. The molecule has 0 aromatic carbocycles. The first-order chi connectivity index (χ1) is 8.64. The Hall–Kier alpha value is -1.26. The van der Waals surface area contributed by atoms with E-state index in [1.807, 2.05) is 6.92 Å². The average Bonchev–Trinajstić information content (AvgIpc) is 2.24. The Morgan fingerprint density at radius 2 is 1.74 bits per heavy atom. The molecule has 2 N–H and O–H groups in total. The van der Waals surface area contributed by atoms with E-state index in [0.29, 0.717) is 0 Å². The van der Waals surface area contributed by atoms with E-state index >= 15 is 0 Å². The van der Waals surface area contributed by atoms with Gasteiger partial charge in [0, 0.05) is 0 Å². The number of nitrogens with one attached hydrogen (secondary N) is 1. The minimum Gasteiger partial charge on any atom is -0.480 e. The van der Waals surface area contributed by atoms with Crippen molar-refractivity contribution in [3.8, 4) is 0 Å². The standard InChI is InChI=1S/C14H25NO4/c1-13(2,3)19-12(18)15-10(11(16)17)14(4)8-6-5-7-9-14/h10H,5-9H2,1-4H3,(H,15,18)(H,16,17)/t10-/m0/s1. The average molecular weight is 271 g/mol. The van der Waals surface area contributed by atoms with Gasteiger partial charge in [0.05, 0.1) is 0 Å². The first-order valence-corrected chi connectivity index (χ1v) is 6.86. The van der Waals surface area contributed by atoms with Crippen LogP contribution >= 0.6 is 0 Å². The fraction of sp³-hybridized carbons (Fsp3) is 0.857. The Kier molecular flexibility index (Phi) is 4.82. The van der Waals surface area contributed by atoms with Crippen LogP contribution < -0.4 is 5.32 Å². The maximum atomic E-state index is 11.8. The van der Waals surface area contributed by atoms with Crippen LogP contribution in [0.4, 0.5) is 4.79 Å². The van der Waals surface area contributed by atoms with Crippen LogP contribution in [0, 0.1) is 5.41 Å². The molecular formula is C14H25NO4. The summed E-state index contributed by atoms with van der Waals surface area (Å²) in [4.78, 5) is 23.2. The number of rotatable bonds is 3. The third kappa shape index (κ3) is 4.73. The van der Waals surface area contributed by atoms with Gasteiger partial charge in [-0.25, -0.2) is 9.59 Å². The molecule has 0 spiro atoms. The number of hydrogen-bond donors (Lipinski definition) is 2. The quantitative estimate of drug-likeness (QED) is 0.827. The van der Waals surface area contributed by atoms with Gasteiger partial charge < -0.3 is 15.2 Å². The molecular weight excluding hydrogens is 246 g/mol. The molecule has 0 unspecified atom stereocenters. The van der Waals surface area contributed by atoms with Gasteiger partial charge in [-0.2, -0.15) is 0 Å². The summed E-state index contributed by atoms with van der Waals surface area (Å²) in [6.45, 7) is 7.20. The normalized spacial score (nSPS) is 20.4. The van der Waals surface area contributed by atoms with E-state index in [1.54, 1.807) is 20.8 Å². The first kappa shape index (κ1) is 15.8. The monoisotopic (exact) mass is 271 g/mol. The summed E-state index contributed by atoms with van der Waals surface area (Å²) in [7, 11) is 0. The van der Waals surface area contributed by atoms with Crippen molar-refractivity contribution in [3.63, 3.8) is 0 Å². The number of ether oxygens (including phenoxy) is 1. The van der Waals surface area contributed by atoms with Gasteiger partial charge in [0.15, 0.2) is 0 Å². The smallest absolute Gasteiger partial charge is 0.408 e. The number of carbonyl (C=O) groups excluding carboxylic acids is 1. The summed E-state index contributed by atoms with van der Waals surface area (Å²) in [5, 5.41) is 11.9. The molecule has 1 aliphatic carbocycles. The zero-order chi connectivity index (χ0) is 14.7. The first-order valence-electron chi connectivity index (χ1n) is 6.86. The van der Waals surface area contributed by atoms with Crippen LogP contribution in [-0.2, 0) is 9.53 Å². The molecule has 0 aliphatic heterocycles. The van der Waals surface area contributed by atoms with Gasteiger partial charge in [0.1, 0.15) is 11.6 Å². The Bertz CT molecular complexity index is 340. The molecule has 0 heterocycles. The minimum absolute atomic E-state index is 0.388. The van der Waals surface area contributed by atoms with E-state index in [9.17, 15) is 14.7 Å². The Labute approximate surface area is 114 Å². The van der Waals surface area contributed by atoms with E-state index in [-0.39, 0.29) is 5.41 Å². The second-order valence-electron chi connectivity index (χ2n) is 6.63. The number of amides is 1. The fourth-order valence-electron chi connectivity index (χ4n) is 2.61. The van der Waals surface area contributed by atoms with E-state index < -0.39 is 23.7 Å². The minimum atomic E-state index is -0.991. The van der Waals surface area contributed by atoms with Gasteiger partial charge >= 0.3 is 12.1 Å². The van der Waals surface area contributed by atoms with Gasteiger partial charge in [0.25, 0.3) is 0 Å².